The predicted octanol–water partition coefficient (Wildman–Crippen LogP) is 3.63. The molecule has 7 heteroatoms. The van der Waals surface area contributed by atoms with Crippen molar-refractivity contribution in [3.05, 3.63) is 53.7 Å². The zero-order valence-corrected chi connectivity index (χ0v) is 13.5. The van der Waals surface area contributed by atoms with Crippen LogP contribution in [-0.2, 0) is 0 Å². The van der Waals surface area contributed by atoms with Crippen LogP contribution in [0.4, 0.5) is 10.9 Å². The van der Waals surface area contributed by atoms with Crippen molar-refractivity contribution in [2.45, 2.75) is 13.8 Å². The second-order valence-electron chi connectivity index (χ2n) is 5.13. The van der Waals surface area contributed by atoms with Gasteiger partial charge in [0.1, 0.15) is 12.1 Å². The Bertz CT molecular complexity index is 959. The molecule has 0 aliphatic carbocycles. The lowest BCUT2D eigenvalue weighted by Crippen LogP contribution is -1.99. The molecule has 4 aromatic rings. The maximum absolute atomic E-state index is 4.50. The van der Waals surface area contributed by atoms with Gasteiger partial charge in [-0.25, -0.2) is 15.0 Å². The number of rotatable bonds is 3. The highest BCUT2D eigenvalue weighted by Crippen LogP contribution is 2.32. The van der Waals surface area contributed by atoms with Crippen molar-refractivity contribution < 1.29 is 0 Å². The SMILES string of the molecule is Cc1c(C)n(-c2ccncc2)c2ncnc(Nc3nccs3)c12. The monoisotopic (exact) mass is 322 g/mol. The number of nitrogens with one attached hydrogen (secondary N) is 1. The number of pyridine rings is 1. The number of hydrogen-bond acceptors (Lipinski definition) is 6. The Hall–Kier alpha value is -2.80. The van der Waals surface area contributed by atoms with Gasteiger partial charge in [0.15, 0.2) is 10.8 Å². The molecule has 1 N–H and O–H groups in total. The van der Waals surface area contributed by atoms with Crippen LogP contribution in [0, 0.1) is 13.8 Å². The van der Waals surface area contributed by atoms with E-state index in [4.69, 9.17) is 0 Å². The number of anilines is 2. The van der Waals surface area contributed by atoms with Crippen LogP contribution in [-0.4, -0.2) is 24.5 Å². The molecule has 0 saturated heterocycles. The Kier molecular flexibility index (Phi) is 3.27. The fraction of sp³-hybridized carbons (Fsp3) is 0.125. The van der Waals surface area contributed by atoms with E-state index in [0.717, 1.165) is 38.9 Å². The summed E-state index contributed by atoms with van der Waals surface area (Å²) in [6.45, 7) is 4.18. The maximum Gasteiger partial charge on any atom is 0.188 e. The Morgan fingerprint density at radius 2 is 1.87 bits per heavy atom. The van der Waals surface area contributed by atoms with E-state index in [1.54, 1.807) is 36.3 Å². The first-order chi connectivity index (χ1) is 11.3. The molecule has 23 heavy (non-hydrogen) atoms. The summed E-state index contributed by atoms with van der Waals surface area (Å²) in [7, 11) is 0. The second kappa shape index (κ2) is 5.44. The Morgan fingerprint density at radius 3 is 2.61 bits per heavy atom. The number of hydrogen-bond donors (Lipinski definition) is 1. The van der Waals surface area contributed by atoms with Gasteiger partial charge in [0.25, 0.3) is 0 Å². The highest BCUT2D eigenvalue weighted by atomic mass is 32.1. The molecule has 0 bridgehead atoms. The van der Waals surface area contributed by atoms with Crippen LogP contribution in [0.1, 0.15) is 11.3 Å². The van der Waals surface area contributed by atoms with Crippen LogP contribution in [0.3, 0.4) is 0 Å². The summed E-state index contributed by atoms with van der Waals surface area (Å²) in [5, 5.41) is 7.05. The van der Waals surface area contributed by atoms with Crippen molar-refractivity contribution in [1.29, 1.82) is 0 Å². The van der Waals surface area contributed by atoms with Crippen molar-refractivity contribution in [3.8, 4) is 5.69 Å². The summed E-state index contributed by atoms with van der Waals surface area (Å²) >= 11 is 1.54. The molecule has 0 radical (unpaired) electrons. The van der Waals surface area contributed by atoms with Crippen molar-refractivity contribution >= 4 is 33.3 Å². The quantitative estimate of drug-likeness (QED) is 0.624. The summed E-state index contributed by atoms with van der Waals surface area (Å²) in [5.41, 5.74) is 4.19. The summed E-state index contributed by atoms with van der Waals surface area (Å²) in [5.74, 6) is 0.776. The average molecular weight is 322 g/mol. The van der Waals surface area contributed by atoms with Gasteiger partial charge in [-0.15, -0.1) is 11.3 Å². The molecule has 0 saturated carbocycles. The zero-order chi connectivity index (χ0) is 15.8. The maximum atomic E-state index is 4.50. The minimum Gasteiger partial charge on any atom is -0.316 e. The van der Waals surface area contributed by atoms with E-state index >= 15 is 0 Å². The minimum absolute atomic E-state index is 0.776. The molecule has 0 spiro atoms. The lowest BCUT2D eigenvalue weighted by Gasteiger charge is -2.07. The van der Waals surface area contributed by atoms with Crippen LogP contribution in [0.25, 0.3) is 16.7 Å². The summed E-state index contributed by atoms with van der Waals surface area (Å²) in [6, 6.07) is 3.95. The smallest absolute Gasteiger partial charge is 0.188 e. The topological polar surface area (TPSA) is 68.5 Å². The molecule has 4 heterocycles. The minimum atomic E-state index is 0.776. The van der Waals surface area contributed by atoms with E-state index in [9.17, 15) is 0 Å². The van der Waals surface area contributed by atoms with E-state index in [1.807, 2.05) is 17.5 Å². The number of fused-ring (bicyclic) bond motifs is 1. The molecule has 0 fully saturated rings. The molecular formula is C16H14N6S. The first-order valence-electron chi connectivity index (χ1n) is 7.15. The lowest BCUT2D eigenvalue weighted by molar-refractivity contribution is 1.01. The Morgan fingerprint density at radius 1 is 1.04 bits per heavy atom. The first-order valence-corrected chi connectivity index (χ1v) is 8.03. The molecule has 4 rings (SSSR count). The molecule has 6 nitrogen and oxygen atoms in total. The molecule has 0 atom stereocenters. The third kappa shape index (κ3) is 2.25. The lowest BCUT2D eigenvalue weighted by atomic mass is 10.2. The largest absolute Gasteiger partial charge is 0.316 e. The van der Waals surface area contributed by atoms with Gasteiger partial charge in [-0.1, -0.05) is 0 Å². The van der Waals surface area contributed by atoms with Crippen LogP contribution >= 0.6 is 11.3 Å². The Labute approximate surface area is 136 Å². The highest BCUT2D eigenvalue weighted by Gasteiger charge is 2.17. The van der Waals surface area contributed by atoms with Gasteiger partial charge in [0.05, 0.1) is 11.1 Å². The van der Waals surface area contributed by atoms with Crippen molar-refractivity contribution in [3.63, 3.8) is 0 Å². The summed E-state index contributed by atoms with van der Waals surface area (Å²) in [6.07, 6.45) is 6.91. The van der Waals surface area contributed by atoms with E-state index < -0.39 is 0 Å². The standard InChI is InChI=1S/C16H14N6S/c1-10-11(2)22(12-3-5-17-6-4-12)15-13(10)14(19-9-20-15)21-16-18-7-8-23-16/h3-9H,1-2H3,(H,18,19,20,21). The van der Waals surface area contributed by atoms with E-state index in [0.29, 0.717) is 0 Å². The van der Waals surface area contributed by atoms with Crippen molar-refractivity contribution in [2.75, 3.05) is 5.32 Å². The molecule has 0 aromatic carbocycles. The molecule has 0 amide bonds. The number of aryl methyl sites for hydroxylation is 1. The molecule has 0 aliphatic rings. The van der Waals surface area contributed by atoms with Crippen LogP contribution in [0.2, 0.25) is 0 Å². The number of thiazole rings is 1. The van der Waals surface area contributed by atoms with Crippen LogP contribution in [0.15, 0.2) is 42.4 Å². The highest BCUT2D eigenvalue weighted by molar-refractivity contribution is 7.13. The average Bonchev–Trinajstić information content (AvgIpc) is 3.17. The molecule has 0 unspecified atom stereocenters. The summed E-state index contributed by atoms with van der Waals surface area (Å²) < 4.78 is 2.13. The fourth-order valence-electron chi connectivity index (χ4n) is 2.69. The molecule has 0 aliphatic heterocycles. The van der Waals surface area contributed by atoms with Gasteiger partial charge in [-0.3, -0.25) is 9.55 Å². The zero-order valence-electron chi connectivity index (χ0n) is 12.7. The summed E-state index contributed by atoms with van der Waals surface area (Å²) in [4.78, 5) is 17.3. The van der Waals surface area contributed by atoms with E-state index in [1.165, 1.54) is 0 Å². The number of aromatic nitrogens is 5. The van der Waals surface area contributed by atoms with E-state index in [2.05, 4.69) is 43.7 Å². The normalized spacial score (nSPS) is 11.0. The Balaban J connectivity index is 1.95. The van der Waals surface area contributed by atoms with Gasteiger partial charge in [-0.2, -0.15) is 0 Å². The number of nitrogens with zero attached hydrogens (tertiary/aromatic N) is 5. The van der Waals surface area contributed by atoms with Crippen LogP contribution < -0.4 is 5.32 Å². The third-order valence-corrected chi connectivity index (χ3v) is 4.56. The predicted molar refractivity (Wildman–Crippen MR) is 91.5 cm³/mol. The third-order valence-electron chi connectivity index (χ3n) is 3.87. The van der Waals surface area contributed by atoms with Gasteiger partial charge in [0.2, 0.25) is 0 Å². The van der Waals surface area contributed by atoms with Gasteiger partial charge >= 0.3 is 0 Å². The fourth-order valence-corrected chi connectivity index (χ4v) is 3.22. The molecule has 4 aromatic heterocycles. The van der Waals surface area contributed by atoms with E-state index in [-0.39, 0.29) is 0 Å². The van der Waals surface area contributed by atoms with Crippen LogP contribution in [0.5, 0.6) is 0 Å². The van der Waals surface area contributed by atoms with Gasteiger partial charge in [-0.05, 0) is 31.5 Å². The van der Waals surface area contributed by atoms with Gasteiger partial charge < -0.3 is 5.32 Å². The van der Waals surface area contributed by atoms with Gasteiger partial charge in [0, 0.05) is 29.7 Å². The van der Waals surface area contributed by atoms with Crippen molar-refractivity contribution in [1.82, 2.24) is 24.5 Å². The first kappa shape index (κ1) is 13.8. The second-order valence-corrected chi connectivity index (χ2v) is 6.03. The van der Waals surface area contributed by atoms with Crippen molar-refractivity contribution in [2.24, 2.45) is 0 Å². The molecule has 114 valence electrons. The molecular weight excluding hydrogens is 308 g/mol.